The van der Waals surface area contributed by atoms with Crippen LogP contribution in [0.1, 0.15) is 25.0 Å². The first kappa shape index (κ1) is 33.2. The Labute approximate surface area is 333 Å². The lowest BCUT2D eigenvalue weighted by Gasteiger charge is -2.29. The Morgan fingerprint density at radius 3 is 1.70 bits per heavy atom. The first-order valence-corrected chi connectivity index (χ1v) is 19.9. The number of hydrogen-bond acceptors (Lipinski definition) is 1. The van der Waals surface area contributed by atoms with Gasteiger partial charge in [0.25, 0.3) is 0 Å². The number of aromatic nitrogens is 1. The summed E-state index contributed by atoms with van der Waals surface area (Å²) in [7, 11) is 0. The molecular weight excluding hydrogens is 689 g/mol. The highest BCUT2D eigenvalue weighted by Crippen LogP contribution is 2.53. The number of nitrogens with zero attached hydrogens (tertiary/aromatic N) is 2. The van der Waals surface area contributed by atoms with Gasteiger partial charge in [0.05, 0.1) is 22.4 Å². The van der Waals surface area contributed by atoms with Crippen molar-refractivity contribution in [1.29, 1.82) is 0 Å². The van der Waals surface area contributed by atoms with Gasteiger partial charge in [-0.1, -0.05) is 172 Å². The first-order valence-electron chi connectivity index (χ1n) is 19.9. The van der Waals surface area contributed by atoms with Crippen LogP contribution < -0.4 is 4.90 Å². The van der Waals surface area contributed by atoms with Gasteiger partial charge in [0.1, 0.15) is 0 Å². The monoisotopic (exact) mass is 728 g/mol. The lowest BCUT2D eigenvalue weighted by Crippen LogP contribution is -2.14. The Balaban J connectivity index is 1.25. The Morgan fingerprint density at radius 2 is 0.965 bits per heavy atom. The molecule has 0 spiro atoms. The maximum Gasteiger partial charge on any atom is 0.0568 e. The Morgan fingerprint density at radius 1 is 0.386 bits per heavy atom. The molecule has 0 aliphatic heterocycles. The van der Waals surface area contributed by atoms with E-state index in [1.54, 1.807) is 0 Å². The summed E-state index contributed by atoms with van der Waals surface area (Å²) >= 11 is 0. The van der Waals surface area contributed by atoms with E-state index in [0.717, 1.165) is 22.7 Å². The van der Waals surface area contributed by atoms with Crippen LogP contribution in [0.2, 0.25) is 0 Å². The number of para-hydroxylation sites is 2. The molecule has 11 rings (SSSR count). The summed E-state index contributed by atoms with van der Waals surface area (Å²) in [5.41, 5.74) is 17.0. The number of rotatable bonds is 6. The van der Waals surface area contributed by atoms with Crippen LogP contribution in [0, 0.1) is 0 Å². The van der Waals surface area contributed by atoms with Crippen molar-refractivity contribution in [2.75, 3.05) is 4.90 Å². The standard InChI is InChI=1S/C55H40N2/c1-55(2)48-28-16-14-25-43(48)46-35-51-47(34-49(46)55)54-45-27-13-12-26-44(45)52(36-53(54)57(51)40-22-10-5-11-23-40)56(41-32-30-38(31-33-41)37-18-6-3-7-19-37)50-29-17-15-24-42(50)39-20-8-4-9-21-39/h3-36H,1-2H3. The van der Waals surface area contributed by atoms with E-state index < -0.39 is 0 Å². The summed E-state index contributed by atoms with van der Waals surface area (Å²) in [6.45, 7) is 4.75. The van der Waals surface area contributed by atoms with E-state index in [2.05, 4.69) is 230 Å². The summed E-state index contributed by atoms with van der Waals surface area (Å²) in [6.07, 6.45) is 0. The second-order valence-electron chi connectivity index (χ2n) is 15.7. The van der Waals surface area contributed by atoms with Gasteiger partial charge in [-0.05, 0) is 92.9 Å². The van der Waals surface area contributed by atoms with Crippen LogP contribution in [0.15, 0.2) is 206 Å². The summed E-state index contributed by atoms with van der Waals surface area (Å²) in [5, 5.41) is 4.99. The van der Waals surface area contributed by atoms with E-state index in [1.165, 1.54) is 77.1 Å². The minimum atomic E-state index is -0.110. The number of hydrogen-bond donors (Lipinski definition) is 0. The molecule has 0 fully saturated rings. The third-order valence-electron chi connectivity index (χ3n) is 12.2. The van der Waals surface area contributed by atoms with Crippen LogP contribution in [-0.4, -0.2) is 4.57 Å². The SMILES string of the molecule is CC1(C)c2ccccc2-c2cc3c(cc21)c1c2ccccc2c(N(c2ccc(-c4ccccc4)cc2)c2ccccc2-c2ccccc2)cc1n3-c1ccccc1. The van der Waals surface area contributed by atoms with Gasteiger partial charge in [-0.25, -0.2) is 0 Å². The van der Waals surface area contributed by atoms with Crippen LogP contribution in [0.4, 0.5) is 17.1 Å². The Bertz CT molecular complexity index is 3120. The van der Waals surface area contributed by atoms with E-state index in [9.17, 15) is 0 Å². The Hall–Kier alpha value is -7.16. The predicted molar refractivity (Wildman–Crippen MR) is 241 cm³/mol. The van der Waals surface area contributed by atoms with Crippen LogP contribution in [0.3, 0.4) is 0 Å². The van der Waals surface area contributed by atoms with Crippen molar-refractivity contribution in [2.24, 2.45) is 0 Å². The smallest absolute Gasteiger partial charge is 0.0568 e. The molecule has 1 aromatic heterocycles. The average molecular weight is 729 g/mol. The summed E-state index contributed by atoms with van der Waals surface area (Å²) in [5.74, 6) is 0. The van der Waals surface area contributed by atoms with E-state index in [-0.39, 0.29) is 5.41 Å². The van der Waals surface area contributed by atoms with Crippen molar-refractivity contribution in [3.05, 3.63) is 217 Å². The fourth-order valence-corrected chi connectivity index (χ4v) is 9.46. The molecule has 0 saturated carbocycles. The normalized spacial score (nSPS) is 12.9. The average Bonchev–Trinajstić information content (AvgIpc) is 3.72. The topological polar surface area (TPSA) is 8.17 Å². The largest absolute Gasteiger partial charge is 0.309 e. The second kappa shape index (κ2) is 13.0. The zero-order valence-corrected chi connectivity index (χ0v) is 32.0. The summed E-state index contributed by atoms with van der Waals surface area (Å²) in [6, 6.07) is 75.6. The van der Waals surface area contributed by atoms with Crippen molar-refractivity contribution >= 4 is 49.6 Å². The number of anilines is 3. The third kappa shape index (κ3) is 5.18. The summed E-state index contributed by atoms with van der Waals surface area (Å²) < 4.78 is 2.49. The molecule has 0 saturated heterocycles. The van der Waals surface area contributed by atoms with Gasteiger partial charge in [0.2, 0.25) is 0 Å². The molecule has 0 amide bonds. The quantitative estimate of drug-likeness (QED) is 0.165. The lowest BCUT2D eigenvalue weighted by atomic mass is 9.82. The van der Waals surface area contributed by atoms with Crippen molar-refractivity contribution < 1.29 is 0 Å². The minimum absolute atomic E-state index is 0.110. The van der Waals surface area contributed by atoms with Gasteiger partial charge >= 0.3 is 0 Å². The molecule has 270 valence electrons. The van der Waals surface area contributed by atoms with E-state index >= 15 is 0 Å². The van der Waals surface area contributed by atoms with E-state index in [1.807, 2.05) is 0 Å². The molecule has 1 aliphatic rings. The lowest BCUT2D eigenvalue weighted by molar-refractivity contribution is 0.661. The molecule has 0 bridgehead atoms. The van der Waals surface area contributed by atoms with Crippen molar-refractivity contribution in [1.82, 2.24) is 4.57 Å². The zero-order valence-electron chi connectivity index (χ0n) is 32.0. The van der Waals surface area contributed by atoms with Gasteiger partial charge < -0.3 is 9.47 Å². The van der Waals surface area contributed by atoms with Crippen molar-refractivity contribution in [2.45, 2.75) is 19.3 Å². The predicted octanol–water partition coefficient (Wildman–Crippen LogP) is 15.0. The maximum absolute atomic E-state index is 2.50. The number of benzene rings is 9. The fourth-order valence-electron chi connectivity index (χ4n) is 9.46. The van der Waals surface area contributed by atoms with Gasteiger partial charge in [0, 0.05) is 38.5 Å². The zero-order chi connectivity index (χ0) is 38.1. The second-order valence-corrected chi connectivity index (χ2v) is 15.7. The van der Waals surface area contributed by atoms with Gasteiger partial charge in [-0.2, -0.15) is 0 Å². The fraction of sp³-hybridized carbons (Fsp3) is 0.0545. The molecule has 1 heterocycles. The van der Waals surface area contributed by atoms with Crippen molar-refractivity contribution in [3.63, 3.8) is 0 Å². The highest BCUT2D eigenvalue weighted by molar-refractivity contribution is 6.25. The van der Waals surface area contributed by atoms with E-state index in [4.69, 9.17) is 0 Å². The Kier molecular flexibility index (Phi) is 7.55. The van der Waals surface area contributed by atoms with Gasteiger partial charge in [0.15, 0.2) is 0 Å². The molecule has 0 N–H and O–H groups in total. The molecular formula is C55H40N2. The van der Waals surface area contributed by atoms with Crippen LogP contribution in [0.25, 0.3) is 71.6 Å². The minimum Gasteiger partial charge on any atom is -0.309 e. The maximum atomic E-state index is 2.50. The molecule has 2 heteroatoms. The first-order chi connectivity index (χ1) is 28.1. The number of fused-ring (bicyclic) bond motifs is 8. The van der Waals surface area contributed by atoms with Gasteiger partial charge in [-0.3, -0.25) is 0 Å². The van der Waals surface area contributed by atoms with Crippen LogP contribution in [-0.2, 0) is 5.41 Å². The molecule has 9 aromatic carbocycles. The highest BCUT2D eigenvalue weighted by atomic mass is 15.1. The third-order valence-corrected chi connectivity index (χ3v) is 12.2. The van der Waals surface area contributed by atoms with Crippen LogP contribution in [0.5, 0.6) is 0 Å². The summed E-state index contributed by atoms with van der Waals surface area (Å²) in [4.78, 5) is 2.48. The highest BCUT2D eigenvalue weighted by Gasteiger charge is 2.36. The van der Waals surface area contributed by atoms with Gasteiger partial charge in [-0.15, -0.1) is 0 Å². The van der Waals surface area contributed by atoms with Crippen LogP contribution >= 0.6 is 0 Å². The molecule has 57 heavy (non-hydrogen) atoms. The molecule has 0 unspecified atom stereocenters. The molecule has 0 radical (unpaired) electrons. The molecule has 10 aromatic rings. The van der Waals surface area contributed by atoms with Crippen molar-refractivity contribution in [3.8, 4) is 39.1 Å². The van der Waals surface area contributed by atoms with E-state index in [0.29, 0.717) is 0 Å². The molecule has 0 atom stereocenters. The molecule has 1 aliphatic carbocycles. The molecule has 2 nitrogen and oxygen atoms in total.